The predicted octanol–water partition coefficient (Wildman–Crippen LogP) is 2.06. The molecule has 0 bridgehead atoms. The number of carbonyl (C=O) groups is 1. The molecule has 4 nitrogen and oxygen atoms in total. The van der Waals surface area contributed by atoms with E-state index in [0.717, 1.165) is 0 Å². The van der Waals surface area contributed by atoms with Gasteiger partial charge in [0.2, 0.25) is 0 Å². The van der Waals surface area contributed by atoms with Crippen molar-refractivity contribution in [1.29, 1.82) is 5.26 Å². The Kier molecular flexibility index (Phi) is 3.51. The summed E-state index contributed by atoms with van der Waals surface area (Å²) in [7, 11) is 0. The lowest BCUT2D eigenvalue weighted by atomic mass is 9.97. The Hall–Kier alpha value is -2.02. The van der Waals surface area contributed by atoms with Crippen LogP contribution in [0, 0.1) is 25.2 Å². The molecule has 0 amide bonds. The molecule has 0 aliphatic carbocycles. The number of aryl methyl sites for hydroxylation is 1. The van der Waals surface area contributed by atoms with Crippen LogP contribution in [-0.2, 0) is 4.74 Å². The van der Waals surface area contributed by atoms with E-state index in [1.165, 1.54) is 6.07 Å². The Bertz CT molecular complexity index is 472. The Labute approximate surface area is 94.1 Å². The van der Waals surface area contributed by atoms with Crippen molar-refractivity contribution in [3.63, 3.8) is 0 Å². The summed E-state index contributed by atoms with van der Waals surface area (Å²) in [5, 5.41) is 18.6. The number of hydrogen-bond donors (Lipinski definition) is 1. The smallest absolute Gasteiger partial charge is 0.342 e. The second-order valence-corrected chi connectivity index (χ2v) is 3.42. The summed E-state index contributed by atoms with van der Waals surface area (Å²) in [5.74, 6) is -0.749. The second kappa shape index (κ2) is 4.67. The van der Waals surface area contributed by atoms with E-state index in [-0.39, 0.29) is 17.9 Å². The number of ether oxygens (including phenoxy) is 1. The zero-order chi connectivity index (χ0) is 12.3. The summed E-state index contributed by atoms with van der Waals surface area (Å²) in [5.41, 5.74) is 1.58. The number of nitriles is 1. The van der Waals surface area contributed by atoms with Crippen molar-refractivity contribution in [2.24, 2.45) is 0 Å². The van der Waals surface area contributed by atoms with Crippen LogP contribution in [0.5, 0.6) is 5.75 Å². The lowest BCUT2D eigenvalue weighted by Crippen LogP contribution is -2.09. The van der Waals surface area contributed by atoms with Crippen LogP contribution in [0.3, 0.4) is 0 Å². The molecule has 1 rings (SSSR count). The van der Waals surface area contributed by atoms with Crippen LogP contribution < -0.4 is 0 Å². The first-order valence-corrected chi connectivity index (χ1v) is 4.93. The van der Waals surface area contributed by atoms with Gasteiger partial charge in [0.1, 0.15) is 11.3 Å². The molecule has 16 heavy (non-hydrogen) atoms. The van der Waals surface area contributed by atoms with Crippen molar-refractivity contribution in [3.05, 3.63) is 28.3 Å². The van der Waals surface area contributed by atoms with Crippen molar-refractivity contribution in [2.75, 3.05) is 6.61 Å². The van der Waals surface area contributed by atoms with Crippen molar-refractivity contribution in [3.8, 4) is 11.8 Å². The first-order valence-electron chi connectivity index (χ1n) is 4.93. The van der Waals surface area contributed by atoms with Gasteiger partial charge >= 0.3 is 5.97 Å². The van der Waals surface area contributed by atoms with Gasteiger partial charge in [-0.15, -0.1) is 0 Å². The number of benzene rings is 1. The molecule has 0 saturated carbocycles. The highest BCUT2D eigenvalue weighted by atomic mass is 16.5. The van der Waals surface area contributed by atoms with Gasteiger partial charge in [-0.3, -0.25) is 0 Å². The van der Waals surface area contributed by atoms with E-state index in [1.54, 1.807) is 20.8 Å². The molecular weight excluding hydrogens is 206 g/mol. The Morgan fingerprint density at radius 3 is 2.69 bits per heavy atom. The Balaban J connectivity index is 3.41. The molecule has 1 aromatic rings. The zero-order valence-electron chi connectivity index (χ0n) is 9.50. The normalized spacial score (nSPS) is 9.62. The second-order valence-electron chi connectivity index (χ2n) is 3.42. The van der Waals surface area contributed by atoms with Gasteiger partial charge in [-0.2, -0.15) is 5.26 Å². The number of hydrogen-bond acceptors (Lipinski definition) is 4. The Morgan fingerprint density at radius 1 is 1.56 bits per heavy atom. The summed E-state index contributed by atoms with van der Waals surface area (Å²) < 4.78 is 4.82. The summed E-state index contributed by atoms with van der Waals surface area (Å²) >= 11 is 0. The average Bonchev–Trinajstić information content (AvgIpc) is 2.17. The van der Waals surface area contributed by atoms with Gasteiger partial charge < -0.3 is 9.84 Å². The number of phenols is 1. The lowest BCUT2D eigenvalue weighted by molar-refractivity contribution is 0.0522. The molecule has 4 heteroatoms. The molecule has 0 aromatic heterocycles. The summed E-state index contributed by atoms with van der Waals surface area (Å²) in [6, 6.07) is 3.41. The molecule has 0 atom stereocenters. The van der Waals surface area contributed by atoms with Crippen molar-refractivity contribution in [1.82, 2.24) is 0 Å². The van der Waals surface area contributed by atoms with E-state index in [9.17, 15) is 9.90 Å². The maximum Gasteiger partial charge on any atom is 0.342 e. The zero-order valence-corrected chi connectivity index (χ0v) is 9.50. The van der Waals surface area contributed by atoms with Crippen LogP contribution in [0.15, 0.2) is 6.07 Å². The third-order valence-electron chi connectivity index (χ3n) is 2.35. The number of phenolic OH excluding ortho intramolecular Hbond substituents is 1. The average molecular weight is 219 g/mol. The minimum Gasteiger partial charge on any atom is -0.507 e. The molecule has 84 valence electrons. The minimum absolute atomic E-state index is 0.0731. The van der Waals surface area contributed by atoms with Crippen LogP contribution >= 0.6 is 0 Å². The van der Waals surface area contributed by atoms with Crippen LogP contribution in [0.1, 0.15) is 34.0 Å². The molecular formula is C12H13NO3. The van der Waals surface area contributed by atoms with Crippen molar-refractivity contribution in [2.45, 2.75) is 20.8 Å². The quantitative estimate of drug-likeness (QED) is 0.773. The number of carbonyl (C=O) groups excluding carboxylic acids is 1. The largest absolute Gasteiger partial charge is 0.507 e. The molecule has 0 aliphatic heterocycles. The molecule has 0 fully saturated rings. The molecule has 0 saturated heterocycles. The van der Waals surface area contributed by atoms with E-state index < -0.39 is 5.97 Å². The SMILES string of the molecule is CCOC(=O)c1c(O)cc(C)c(C#N)c1C. The van der Waals surface area contributed by atoms with Gasteiger partial charge in [-0.25, -0.2) is 4.79 Å². The highest BCUT2D eigenvalue weighted by molar-refractivity contribution is 5.95. The highest BCUT2D eigenvalue weighted by Gasteiger charge is 2.19. The molecule has 0 unspecified atom stereocenters. The van der Waals surface area contributed by atoms with Crippen molar-refractivity contribution >= 4 is 5.97 Å². The number of aromatic hydroxyl groups is 1. The van der Waals surface area contributed by atoms with E-state index in [1.807, 2.05) is 6.07 Å². The van der Waals surface area contributed by atoms with Crippen LogP contribution in [0.25, 0.3) is 0 Å². The van der Waals surface area contributed by atoms with Gasteiger partial charge in [0.25, 0.3) is 0 Å². The summed E-state index contributed by atoms with van der Waals surface area (Å²) in [6.45, 7) is 5.24. The molecule has 0 radical (unpaired) electrons. The van der Waals surface area contributed by atoms with Gasteiger partial charge in [-0.05, 0) is 38.0 Å². The van der Waals surface area contributed by atoms with Crippen LogP contribution in [0.4, 0.5) is 0 Å². The third kappa shape index (κ3) is 1.98. The van der Waals surface area contributed by atoms with Crippen LogP contribution in [-0.4, -0.2) is 17.7 Å². The van der Waals surface area contributed by atoms with Crippen LogP contribution in [0.2, 0.25) is 0 Å². The Morgan fingerprint density at radius 2 is 2.19 bits per heavy atom. The van der Waals surface area contributed by atoms with E-state index in [2.05, 4.69) is 0 Å². The fourth-order valence-electron chi connectivity index (χ4n) is 1.60. The molecule has 0 heterocycles. The first-order chi connectivity index (χ1) is 7.52. The number of nitrogens with zero attached hydrogens (tertiary/aromatic N) is 1. The molecule has 1 aromatic carbocycles. The fourth-order valence-corrected chi connectivity index (χ4v) is 1.60. The molecule has 1 N–H and O–H groups in total. The maximum atomic E-state index is 11.6. The monoisotopic (exact) mass is 219 g/mol. The van der Waals surface area contributed by atoms with E-state index in [4.69, 9.17) is 10.00 Å². The third-order valence-corrected chi connectivity index (χ3v) is 2.35. The first kappa shape index (κ1) is 12.1. The highest BCUT2D eigenvalue weighted by Crippen LogP contribution is 2.27. The number of rotatable bonds is 2. The predicted molar refractivity (Wildman–Crippen MR) is 58.3 cm³/mol. The lowest BCUT2D eigenvalue weighted by Gasteiger charge is -2.10. The van der Waals surface area contributed by atoms with Gasteiger partial charge in [0.05, 0.1) is 18.2 Å². The van der Waals surface area contributed by atoms with Gasteiger partial charge in [0.15, 0.2) is 0 Å². The topological polar surface area (TPSA) is 70.3 Å². The fraction of sp³-hybridized carbons (Fsp3) is 0.333. The maximum absolute atomic E-state index is 11.6. The van der Waals surface area contributed by atoms with E-state index in [0.29, 0.717) is 16.7 Å². The van der Waals surface area contributed by atoms with Gasteiger partial charge in [-0.1, -0.05) is 0 Å². The minimum atomic E-state index is -0.603. The van der Waals surface area contributed by atoms with Gasteiger partial charge in [0, 0.05) is 0 Å². The molecule has 0 spiro atoms. The number of esters is 1. The van der Waals surface area contributed by atoms with Crippen molar-refractivity contribution < 1.29 is 14.6 Å². The summed E-state index contributed by atoms with van der Waals surface area (Å²) in [4.78, 5) is 11.6. The molecule has 0 aliphatic rings. The van der Waals surface area contributed by atoms with E-state index >= 15 is 0 Å². The summed E-state index contributed by atoms with van der Waals surface area (Å²) in [6.07, 6.45) is 0. The standard InChI is InChI=1S/C12H13NO3/c1-4-16-12(15)11-8(3)9(6-13)7(2)5-10(11)14/h5,14H,4H2,1-3H3.